The van der Waals surface area contributed by atoms with Crippen LogP contribution in [0.2, 0.25) is 0 Å². The minimum atomic E-state index is -0.845. The summed E-state index contributed by atoms with van der Waals surface area (Å²) in [4.78, 5) is 28.6. The van der Waals surface area contributed by atoms with Crippen LogP contribution in [0.5, 0.6) is 0 Å². The fourth-order valence-corrected chi connectivity index (χ4v) is 2.26. The molecule has 19 heavy (non-hydrogen) atoms. The normalized spacial score (nSPS) is 20.1. The number of amides is 1. The Morgan fingerprint density at radius 1 is 1.58 bits per heavy atom. The molecule has 0 bridgehead atoms. The number of rotatable bonds is 4. The van der Waals surface area contributed by atoms with Gasteiger partial charge in [0, 0.05) is 19.0 Å². The Morgan fingerprint density at radius 2 is 2.32 bits per heavy atom. The summed E-state index contributed by atoms with van der Waals surface area (Å²) in [7, 11) is 0. The Balaban J connectivity index is 2.10. The Bertz CT molecular complexity index is 483. The van der Waals surface area contributed by atoms with Gasteiger partial charge in [0.15, 0.2) is 0 Å². The molecule has 7 heteroatoms. The number of hydrogen-bond acceptors (Lipinski definition) is 4. The first-order valence-corrected chi connectivity index (χ1v) is 6.38. The number of carbonyl (C=O) groups excluding carboxylic acids is 1. The highest BCUT2D eigenvalue weighted by atomic mass is 16.4. The van der Waals surface area contributed by atoms with Gasteiger partial charge in [-0.05, 0) is 20.3 Å². The van der Waals surface area contributed by atoms with Crippen LogP contribution in [0.25, 0.3) is 0 Å². The molecule has 0 saturated carbocycles. The Labute approximate surface area is 111 Å². The highest BCUT2D eigenvalue weighted by Crippen LogP contribution is 2.20. The van der Waals surface area contributed by atoms with Crippen molar-refractivity contribution in [1.82, 2.24) is 19.7 Å². The lowest BCUT2D eigenvalue weighted by atomic mass is 9.98. The summed E-state index contributed by atoms with van der Waals surface area (Å²) in [6.07, 6.45) is 2.16. The van der Waals surface area contributed by atoms with E-state index in [2.05, 4.69) is 10.1 Å². The van der Waals surface area contributed by atoms with Crippen molar-refractivity contribution < 1.29 is 14.7 Å². The van der Waals surface area contributed by atoms with Gasteiger partial charge < -0.3 is 10.0 Å². The van der Waals surface area contributed by atoms with Crippen LogP contribution in [0.1, 0.15) is 38.6 Å². The first kappa shape index (κ1) is 13.5. The highest BCUT2D eigenvalue weighted by Gasteiger charge is 2.30. The van der Waals surface area contributed by atoms with E-state index in [4.69, 9.17) is 5.11 Å². The zero-order valence-corrected chi connectivity index (χ0v) is 11.1. The van der Waals surface area contributed by atoms with Crippen LogP contribution in [0, 0.1) is 5.92 Å². The second-order valence-electron chi connectivity index (χ2n) is 5.06. The van der Waals surface area contributed by atoms with E-state index in [0.717, 1.165) is 0 Å². The molecule has 1 aliphatic rings. The molecule has 0 radical (unpaired) electrons. The summed E-state index contributed by atoms with van der Waals surface area (Å²) in [6, 6.07) is 0.160. The zero-order chi connectivity index (χ0) is 14.0. The average molecular weight is 266 g/mol. The van der Waals surface area contributed by atoms with E-state index in [1.807, 2.05) is 13.8 Å². The first-order valence-electron chi connectivity index (χ1n) is 6.38. The lowest BCUT2D eigenvalue weighted by molar-refractivity contribution is -0.147. The van der Waals surface area contributed by atoms with Gasteiger partial charge in [-0.15, -0.1) is 0 Å². The Kier molecular flexibility index (Phi) is 3.82. The summed E-state index contributed by atoms with van der Waals surface area (Å²) < 4.78 is 1.75. The van der Waals surface area contributed by atoms with Crippen LogP contribution in [-0.2, 0) is 16.1 Å². The predicted molar refractivity (Wildman–Crippen MR) is 66.2 cm³/mol. The van der Waals surface area contributed by atoms with Gasteiger partial charge >= 0.3 is 5.97 Å². The van der Waals surface area contributed by atoms with Crippen LogP contribution < -0.4 is 0 Å². The number of carbonyl (C=O) groups is 2. The van der Waals surface area contributed by atoms with Crippen LogP contribution >= 0.6 is 0 Å². The molecule has 1 saturated heterocycles. The third-order valence-corrected chi connectivity index (χ3v) is 3.32. The third-order valence-electron chi connectivity index (χ3n) is 3.32. The van der Waals surface area contributed by atoms with Gasteiger partial charge in [0.05, 0.1) is 12.5 Å². The fourth-order valence-electron chi connectivity index (χ4n) is 2.26. The molecular formula is C12H18N4O3. The van der Waals surface area contributed by atoms with Gasteiger partial charge in [-0.2, -0.15) is 5.10 Å². The smallest absolute Gasteiger partial charge is 0.308 e. The summed E-state index contributed by atoms with van der Waals surface area (Å²) >= 11 is 0. The van der Waals surface area contributed by atoms with E-state index in [-0.39, 0.29) is 24.9 Å². The second kappa shape index (κ2) is 5.38. The third kappa shape index (κ3) is 2.91. The van der Waals surface area contributed by atoms with E-state index in [0.29, 0.717) is 18.8 Å². The molecule has 1 atom stereocenters. The van der Waals surface area contributed by atoms with Gasteiger partial charge in [-0.1, -0.05) is 0 Å². The zero-order valence-electron chi connectivity index (χ0n) is 11.1. The fraction of sp³-hybridized carbons (Fsp3) is 0.667. The maximum atomic E-state index is 11.8. The van der Waals surface area contributed by atoms with Gasteiger partial charge in [-0.3, -0.25) is 9.59 Å². The van der Waals surface area contributed by atoms with Crippen molar-refractivity contribution in [2.75, 3.05) is 6.54 Å². The number of carboxylic acid groups (broad SMARTS) is 1. The molecule has 1 aromatic heterocycles. The SMILES string of the molecule is CC(C)n1ncnc1CN1CC(C(=O)O)CCC1=O. The van der Waals surface area contributed by atoms with Crippen molar-refractivity contribution in [3.8, 4) is 0 Å². The first-order chi connectivity index (χ1) is 8.99. The Hall–Kier alpha value is -1.92. The topological polar surface area (TPSA) is 88.3 Å². The van der Waals surface area contributed by atoms with Crippen LogP contribution in [0.4, 0.5) is 0 Å². The number of likely N-dealkylation sites (tertiary alicyclic amines) is 1. The molecule has 104 valence electrons. The van der Waals surface area contributed by atoms with E-state index in [9.17, 15) is 9.59 Å². The molecule has 0 spiro atoms. The molecule has 2 rings (SSSR count). The lowest BCUT2D eigenvalue weighted by Gasteiger charge is -2.30. The van der Waals surface area contributed by atoms with Crippen molar-refractivity contribution in [1.29, 1.82) is 0 Å². The number of nitrogens with zero attached hydrogens (tertiary/aromatic N) is 4. The maximum Gasteiger partial charge on any atom is 0.308 e. The van der Waals surface area contributed by atoms with E-state index < -0.39 is 11.9 Å². The molecule has 1 unspecified atom stereocenters. The standard InChI is InChI=1S/C12H18N4O3/c1-8(2)16-10(13-7-14-16)6-15-5-9(12(18)19)3-4-11(15)17/h7-9H,3-6H2,1-2H3,(H,18,19). The maximum absolute atomic E-state index is 11.8. The van der Waals surface area contributed by atoms with E-state index in [1.54, 1.807) is 9.58 Å². The molecule has 0 aliphatic carbocycles. The molecular weight excluding hydrogens is 248 g/mol. The van der Waals surface area contributed by atoms with Gasteiger partial charge in [-0.25, -0.2) is 9.67 Å². The number of carboxylic acids is 1. The van der Waals surface area contributed by atoms with Crippen LogP contribution in [0.3, 0.4) is 0 Å². The van der Waals surface area contributed by atoms with Gasteiger partial charge in [0.1, 0.15) is 12.2 Å². The highest BCUT2D eigenvalue weighted by molar-refractivity contribution is 5.80. The summed E-state index contributed by atoms with van der Waals surface area (Å²) in [6.45, 7) is 4.53. The second-order valence-corrected chi connectivity index (χ2v) is 5.06. The molecule has 1 N–H and O–H groups in total. The predicted octanol–water partition coefficient (Wildman–Crippen LogP) is 0.682. The van der Waals surface area contributed by atoms with Crippen molar-refractivity contribution >= 4 is 11.9 Å². The molecule has 0 aromatic carbocycles. The largest absolute Gasteiger partial charge is 0.481 e. The molecule has 1 aliphatic heterocycles. The molecule has 1 aromatic rings. The summed E-state index contributed by atoms with van der Waals surface area (Å²) in [5, 5.41) is 13.2. The summed E-state index contributed by atoms with van der Waals surface area (Å²) in [5.74, 6) is -0.652. The van der Waals surface area contributed by atoms with Gasteiger partial charge in [0.2, 0.25) is 5.91 Å². The molecule has 1 amide bonds. The Morgan fingerprint density at radius 3 is 2.95 bits per heavy atom. The van der Waals surface area contributed by atoms with Crippen LogP contribution in [0.15, 0.2) is 6.33 Å². The summed E-state index contributed by atoms with van der Waals surface area (Å²) in [5.41, 5.74) is 0. The number of aliphatic carboxylic acids is 1. The number of piperidine rings is 1. The van der Waals surface area contributed by atoms with Gasteiger partial charge in [0.25, 0.3) is 0 Å². The molecule has 7 nitrogen and oxygen atoms in total. The molecule has 2 heterocycles. The van der Waals surface area contributed by atoms with E-state index >= 15 is 0 Å². The van der Waals surface area contributed by atoms with Crippen LogP contribution in [-0.4, -0.2) is 43.2 Å². The minimum absolute atomic E-state index is 0.0178. The molecule has 1 fully saturated rings. The van der Waals surface area contributed by atoms with Crippen molar-refractivity contribution in [2.45, 2.75) is 39.3 Å². The quantitative estimate of drug-likeness (QED) is 0.865. The average Bonchev–Trinajstić information content (AvgIpc) is 2.80. The van der Waals surface area contributed by atoms with Crippen molar-refractivity contribution in [3.63, 3.8) is 0 Å². The van der Waals surface area contributed by atoms with E-state index in [1.165, 1.54) is 6.33 Å². The lowest BCUT2D eigenvalue weighted by Crippen LogP contribution is -2.42. The van der Waals surface area contributed by atoms with Crippen molar-refractivity contribution in [2.24, 2.45) is 5.92 Å². The van der Waals surface area contributed by atoms with Crippen molar-refractivity contribution in [3.05, 3.63) is 12.2 Å². The number of hydrogen-bond donors (Lipinski definition) is 1. The number of aromatic nitrogens is 3. The monoisotopic (exact) mass is 266 g/mol. The minimum Gasteiger partial charge on any atom is -0.481 e.